The Hall–Kier alpha value is -2.39. The van der Waals surface area contributed by atoms with Crippen molar-refractivity contribution >= 4 is 27.3 Å². The second-order valence-corrected chi connectivity index (χ2v) is 5.33. The fourth-order valence-corrected chi connectivity index (χ4v) is 2.31. The molecule has 0 aliphatic carbocycles. The smallest absolute Gasteiger partial charge is 0.274 e. The van der Waals surface area contributed by atoms with Gasteiger partial charge in [0.2, 0.25) is 0 Å². The first-order valence-electron chi connectivity index (χ1n) is 6.22. The van der Waals surface area contributed by atoms with E-state index in [0.29, 0.717) is 18.5 Å². The molecular weight excluding hydrogens is 334 g/mol. The number of hydrogen-bond acceptors (Lipinski definition) is 4. The molecule has 2 aromatic carbocycles. The van der Waals surface area contributed by atoms with Crippen molar-refractivity contribution in [3.8, 4) is 6.07 Å². The molecule has 0 saturated heterocycles. The van der Waals surface area contributed by atoms with Gasteiger partial charge in [0.1, 0.15) is 0 Å². The third-order valence-corrected chi connectivity index (χ3v) is 3.45. The average molecular weight is 346 g/mol. The maximum atomic E-state index is 11.0. The summed E-state index contributed by atoms with van der Waals surface area (Å²) in [6.45, 7) is 0.355. The number of benzene rings is 2. The lowest BCUT2D eigenvalue weighted by atomic mass is 10.1. The Bertz CT molecular complexity index is 693. The van der Waals surface area contributed by atoms with E-state index >= 15 is 0 Å². The van der Waals surface area contributed by atoms with Crippen LogP contribution in [-0.4, -0.2) is 4.92 Å². The molecule has 21 heavy (non-hydrogen) atoms. The van der Waals surface area contributed by atoms with Crippen molar-refractivity contribution in [2.45, 2.75) is 13.0 Å². The van der Waals surface area contributed by atoms with Crippen molar-refractivity contribution < 1.29 is 4.92 Å². The van der Waals surface area contributed by atoms with Crippen LogP contribution in [0.25, 0.3) is 0 Å². The average Bonchev–Trinajstić information content (AvgIpc) is 2.46. The van der Waals surface area contributed by atoms with Crippen LogP contribution in [0.3, 0.4) is 0 Å². The van der Waals surface area contributed by atoms with Crippen LogP contribution in [-0.2, 0) is 13.0 Å². The quantitative estimate of drug-likeness (QED) is 0.655. The minimum absolute atomic E-state index is 0.0896. The van der Waals surface area contributed by atoms with Gasteiger partial charge in [-0.1, -0.05) is 28.1 Å². The van der Waals surface area contributed by atoms with Gasteiger partial charge in [-0.05, 0) is 29.8 Å². The number of halogens is 1. The highest BCUT2D eigenvalue weighted by Gasteiger charge is 2.13. The Balaban J connectivity index is 2.11. The molecule has 2 rings (SSSR count). The maximum absolute atomic E-state index is 11.0. The summed E-state index contributed by atoms with van der Waals surface area (Å²) in [5, 5.41) is 22.8. The normalized spacial score (nSPS) is 9.90. The molecule has 0 unspecified atom stereocenters. The van der Waals surface area contributed by atoms with Gasteiger partial charge in [0.25, 0.3) is 5.69 Å². The Morgan fingerprint density at radius 2 is 1.95 bits per heavy atom. The van der Waals surface area contributed by atoms with Crippen molar-refractivity contribution in [3.05, 3.63) is 68.2 Å². The van der Waals surface area contributed by atoms with Crippen LogP contribution in [0.4, 0.5) is 11.4 Å². The lowest BCUT2D eigenvalue weighted by Crippen LogP contribution is -2.03. The largest absolute Gasteiger partial charge is 0.381 e. The zero-order valence-corrected chi connectivity index (χ0v) is 12.6. The predicted octanol–water partition coefficient (Wildman–Crippen LogP) is 4.04. The van der Waals surface area contributed by atoms with E-state index in [0.717, 1.165) is 15.7 Å². The highest BCUT2D eigenvalue weighted by atomic mass is 79.9. The van der Waals surface area contributed by atoms with Crippen LogP contribution in [0.2, 0.25) is 0 Å². The van der Waals surface area contributed by atoms with Crippen molar-refractivity contribution in [2.75, 3.05) is 5.32 Å². The van der Waals surface area contributed by atoms with Crippen molar-refractivity contribution in [3.63, 3.8) is 0 Å². The van der Waals surface area contributed by atoms with Gasteiger partial charge >= 0.3 is 0 Å². The van der Waals surface area contributed by atoms with Crippen LogP contribution >= 0.6 is 15.9 Å². The Labute approximate surface area is 130 Å². The third kappa shape index (κ3) is 4.04. The molecule has 0 spiro atoms. The van der Waals surface area contributed by atoms with E-state index in [4.69, 9.17) is 5.26 Å². The van der Waals surface area contributed by atoms with Gasteiger partial charge in [-0.2, -0.15) is 5.26 Å². The molecule has 106 valence electrons. The van der Waals surface area contributed by atoms with E-state index in [1.54, 1.807) is 12.1 Å². The minimum atomic E-state index is -0.389. The van der Waals surface area contributed by atoms with Gasteiger partial charge in [0, 0.05) is 28.3 Å². The number of nitrogens with one attached hydrogen (secondary N) is 1. The van der Waals surface area contributed by atoms with E-state index in [1.807, 2.05) is 24.3 Å². The molecule has 6 heteroatoms. The number of nitrogens with zero attached hydrogens (tertiary/aromatic N) is 2. The van der Waals surface area contributed by atoms with Crippen LogP contribution in [0.5, 0.6) is 0 Å². The first-order valence-corrected chi connectivity index (χ1v) is 7.02. The third-order valence-electron chi connectivity index (χ3n) is 2.96. The maximum Gasteiger partial charge on any atom is 0.274 e. The number of anilines is 1. The minimum Gasteiger partial charge on any atom is -0.381 e. The zero-order valence-electron chi connectivity index (χ0n) is 11.0. The van der Waals surface area contributed by atoms with E-state index < -0.39 is 0 Å². The van der Waals surface area contributed by atoms with E-state index in [2.05, 4.69) is 27.3 Å². The molecule has 5 nitrogen and oxygen atoms in total. The Morgan fingerprint density at radius 1 is 1.24 bits per heavy atom. The van der Waals surface area contributed by atoms with Gasteiger partial charge in [-0.25, -0.2) is 0 Å². The second kappa shape index (κ2) is 6.86. The molecule has 2 aromatic rings. The molecule has 0 fully saturated rings. The summed E-state index contributed by atoms with van der Waals surface area (Å²) in [6.07, 6.45) is 0.372. The monoisotopic (exact) mass is 345 g/mol. The number of nitriles is 1. The Kier molecular flexibility index (Phi) is 4.90. The van der Waals surface area contributed by atoms with Crippen LogP contribution < -0.4 is 5.32 Å². The van der Waals surface area contributed by atoms with Gasteiger partial charge in [-0.3, -0.25) is 10.1 Å². The molecular formula is C15H12BrN3O2. The number of rotatable bonds is 5. The summed E-state index contributed by atoms with van der Waals surface area (Å²) in [7, 11) is 0. The van der Waals surface area contributed by atoms with E-state index in [-0.39, 0.29) is 10.6 Å². The fourth-order valence-electron chi connectivity index (χ4n) is 1.90. The van der Waals surface area contributed by atoms with Crippen molar-refractivity contribution in [1.29, 1.82) is 5.26 Å². The summed E-state index contributed by atoms with van der Waals surface area (Å²) in [4.78, 5) is 10.6. The summed E-state index contributed by atoms with van der Waals surface area (Å²) in [5.41, 5.74) is 2.49. The lowest BCUT2D eigenvalue weighted by Gasteiger charge is -2.08. The first kappa shape index (κ1) is 15.0. The topological polar surface area (TPSA) is 79.0 Å². The van der Waals surface area contributed by atoms with Gasteiger partial charge < -0.3 is 5.32 Å². The van der Waals surface area contributed by atoms with Gasteiger partial charge in [0.15, 0.2) is 0 Å². The molecule has 0 saturated carbocycles. The summed E-state index contributed by atoms with van der Waals surface area (Å²) in [6, 6.07) is 14.4. The molecule has 0 aromatic heterocycles. The highest BCUT2D eigenvalue weighted by molar-refractivity contribution is 9.10. The predicted molar refractivity (Wildman–Crippen MR) is 83.9 cm³/mol. The number of hydrogen-bond donors (Lipinski definition) is 1. The molecule has 0 atom stereocenters. The molecule has 0 aliphatic rings. The standard InChI is InChI=1S/C15H12BrN3O2/c16-13-3-6-15(19(20)21)12(9-13)10-18-14-4-1-11(2-5-14)7-8-17/h1-6,9,18H,7,10H2. The zero-order chi connectivity index (χ0) is 15.2. The van der Waals surface area contributed by atoms with Crippen LogP contribution in [0.1, 0.15) is 11.1 Å². The molecule has 0 amide bonds. The summed E-state index contributed by atoms with van der Waals surface area (Å²) in [5.74, 6) is 0. The van der Waals surface area contributed by atoms with Crippen LogP contribution in [0, 0.1) is 21.4 Å². The van der Waals surface area contributed by atoms with Gasteiger partial charge in [0.05, 0.1) is 17.4 Å². The second-order valence-electron chi connectivity index (χ2n) is 4.42. The van der Waals surface area contributed by atoms with Crippen molar-refractivity contribution in [2.24, 2.45) is 0 Å². The molecule has 0 heterocycles. The summed E-state index contributed by atoms with van der Waals surface area (Å²) >= 11 is 3.32. The SMILES string of the molecule is N#CCc1ccc(NCc2cc(Br)ccc2[N+](=O)[O-])cc1. The lowest BCUT2D eigenvalue weighted by molar-refractivity contribution is -0.385. The molecule has 0 bridgehead atoms. The Morgan fingerprint density at radius 3 is 2.57 bits per heavy atom. The highest BCUT2D eigenvalue weighted by Crippen LogP contribution is 2.24. The molecule has 1 N–H and O–H groups in total. The summed E-state index contributed by atoms with van der Waals surface area (Å²) < 4.78 is 0.800. The van der Waals surface area contributed by atoms with E-state index in [9.17, 15) is 10.1 Å². The fraction of sp³-hybridized carbons (Fsp3) is 0.133. The molecule has 0 radical (unpaired) electrons. The van der Waals surface area contributed by atoms with Gasteiger partial charge in [-0.15, -0.1) is 0 Å². The van der Waals surface area contributed by atoms with E-state index in [1.165, 1.54) is 6.07 Å². The van der Waals surface area contributed by atoms with Crippen molar-refractivity contribution in [1.82, 2.24) is 0 Å². The number of nitro benzene ring substituents is 1. The van der Waals surface area contributed by atoms with Crippen LogP contribution in [0.15, 0.2) is 46.9 Å². The number of nitro groups is 1. The molecule has 0 aliphatic heterocycles. The first-order chi connectivity index (χ1) is 10.1.